The zero-order valence-electron chi connectivity index (χ0n) is 13.0. The highest BCUT2D eigenvalue weighted by Gasteiger charge is 2.22. The third kappa shape index (κ3) is 4.64. The fourth-order valence-electron chi connectivity index (χ4n) is 2.00. The number of rotatable bonds is 9. The van der Waals surface area contributed by atoms with Gasteiger partial charge in [-0.1, -0.05) is 0 Å². The number of aromatic carboxylic acids is 1. The lowest BCUT2D eigenvalue weighted by Gasteiger charge is -2.25. The number of aryl methyl sites for hydroxylation is 1. The summed E-state index contributed by atoms with van der Waals surface area (Å²) in [4.78, 5) is 13.4. The molecule has 0 bridgehead atoms. The van der Waals surface area contributed by atoms with Crippen molar-refractivity contribution in [3.63, 3.8) is 0 Å². The van der Waals surface area contributed by atoms with E-state index in [2.05, 4.69) is 10.2 Å². The quantitative estimate of drug-likeness (QED) is 0.687. The van der Waals surface area contributed by atoms with E-state index >= 15 is 0 Å². The van der Waals surface area contributed by atoms with Crippen LogP contribution in [0.25, 0.3) is 0 Å². The van der Waals surface area contributed by atoms with Crippen LogP contribution >= 0.6 is 0 Å². The van der Waals surface area contributed by atoms with Crippen molar-refractivity contribution in [2.45, 2.75) is 20.3 Å². The van der Waals surface area contributed by atoms with Crippen molar-refractivity contribution in [2.24, 2.45) is 0 Å². The van der Waals surface area contributed by atoms with Crippen LogP contribution in [-0.2, 0) is 9.47 Å². The van der Waals surface area contributed by atoms with E-state index in [0.29, 0.717) is 43.4 Å². The summed E-state index contributed by atoms with van der Waals surface area (Å²) >= 11 is 0. The molecule has 0 aromatic carbocycles. The summed E-state index contributed by atoms with van der Waals surface area (Å²) in [7, 11) is 3.25. The zero-order valence-corrected chi connectivity index (χ0v) is 13.0. The Morgan fingerprint density at radius 3 is 2.38 bits per heavy atom. The molecule has 1 aromatic rings. The molecule has 0 radical (unpaired) electrons. The molecule has 118 valence electrons. The first-order valence-corrected chi connectivity index (χ1v) is 6.82. The maximum atomic E-state index is 11.6. The zero-order chi connectivity index (χ0) is 15.8. The van der Waals surface area contributed by atoms with Gasteiger partial charge in [-0.05, 0) is 25.8 Å². The number of ether oxygens (including phenoxy) is 2. The number of aromatic nitrogens is 2. The van der Waals surface area contributed by atoms with E-state index < -0.39 is 5.97 Å². The molecule has 0 aliphatic rings. The summed E-state index contributed by atoms with van der Waals surface area (Å²) in [5.74, 6) is -0.603. The number of hydrogen-bond acceptors (Lipinski definition) is 6. The van der Waals surface area contributed by atoms with Gasteiger partial charge in [0.2, 0.25) is 0 Å². The Morgan fingerprint density at radius 1 is 1.14 bits per heavy atom. The maximum Gasteiger partial charge on any atom is 0.339 e. The number of nitrogens with zero attached hydrogens (tertiary/aromatic N) is 3. The second-order valence-electron chi connectivity index (χ2n) is 4.74. The molecule has 0 spiro atoms. The summed E-state index contributed by atoms with van der Waals surface area (Å²) in [6.07, 6.45) is 0.772. The van der Waals surface area contributed by atoms with Crippen LogP contribution in [0.1, 0.15) is 28.0 Å². The Morgan fingerprint density at radius 2 is 1.81 bits per heavy atom. The molecule has 0 atom stereocenters. The Hall–Kier alpha value is -1.73. The van der Waals surface area contributed by atoms with E-state index in [9.17, 15) is 9.90 Å². The van der Waals surface area contributed by atoms with Gasteiger partial charge in [0.1, 0.15) is 5.56 Å². The molecule has 0 unspecified atom stereocenters. The number of methoxy groups -OCH3 is 2. The van der Waals surface area contributed by atoms with Gasteiger partial charge in [0, 0.05) is 33.9 Å². The second kappa shape index (κ2) is 8.53. The molecule has 1 rings (SSSR count). The van der Waals surface area contributed by atoms with Crippen LogP contribution in [0.4, 0.5) is 5.82 Å². The lowest BCUT2D eigenvalue weighted by molar-refractivity contribution is 0.0695. The van der Waals surface area contributed by atoms with E-state index in [1.54, 1.807) is 28.1 Å². The number of carbonyl (C=O) groups is 1. The standard InChI is InChI=1S/C14H23N3O4/c1-10-11(2)15-16-13(12(10)14(18)19)17(7-9-21-4)6-5-8-20-3/h5-9H2,1-4H3,(H,18,19). The molecule has 7 heteroatoms. The van der Waals surface area contributed by atoms with E-state index in [1.807, 2.05) is 4.90 Å². The van der Waals surface area contributed by atoms with Crippen molar-refractivity contribution >= 4 is 11.8 Å². The van der Waals surface area contributed by atoms with Crippen molar-refractivity contribution in [3.8, 4) is 0 Å². The van der Waals surface area contributed by atoms with Gasteiger partial charge >= 0.3 is 5.97 Å². The highest BCUT2D eigenvalue weighted by Crippen LogP contribution is 2.22. The maximum absolute atomic E-state index is 11.6. The van der Waals surface area contributed by atoms with Gasteiger partial charge in [0.25, 0.3) is 0 Å². The Balaban J connectivity index is 3.10. The van der Waals surface area contributed by atoms with Gasteiger partial charge in [-0.2, -0.15) is 5.10 Å². The molecule has 0 amide bonds. The molecule has 1 aromatic heterocycles. The first-order valence-electron chi connectivity index (χ1n) is 6.82. The number of carboxylic acids is 1. The van der Waals surface area contributed by atoms with Crippen LogP contribution in [0.15, 0.2) is 0 Å². The monoisotopic (exact) mass is 297 g/mol. The third-order valence-electron chi connectivity index (χ3n) is 3.29. The first kappa shape index (κ1) is 17.3. The second-order valence-corrected chi connectivity index (χ2v) is 4.74. The molecule has 1 heterocycles. The number of hydrogen-bond donors (Lipinski definition) is 1. The molecular weight excluding hydrogens is 274 g/mol. The molecular formula is C14H23N3O4. The van der Waals surface area contributed by atoms with Gasteiger partial charge in [-0.3, -0.25) is 0 Å². The topological polar surface area (TPSA) is 84.8 Å². The number of anilines is 1. The molecule has 0 saturated heterocycles. The van der Waals surface area contributed by atoms with Crippen LogP contribution in [0.2, 0.25) is 0 Å². The van der Waals surface area contributed by atoms with Crippen molar-refractivity contribution < 1.29 is 19.4 Å². The minimum absolute atomic E-state index is 0.205. The Labute approximate surface area is 124 Å². The molecule has 21 heavy (non-hydrogen) atoms. The highest BCUT2D eigenvalue weighted by atomic mass is 16.5. The molecule has 0 aliphatic heterocycles. The predicted molar refractivity (Wildman–Crippen MR) is 79.0 cm³/mol. The smallest absolute Gasteiger partial charge is 0.339 e. The summed E-state index contributed by atoms with van der Waals surface area (Å²) in [6.45, 7) is 5.78. The molecule has 0 fully saturated rings. The van der Waals surface area contributed by atoms with Crippen molar-refractivity contribution in [1.82, 2.24) is 10.2 Å². The van der Waals surface area contributed by atoms with Crippen LogP contribution in [0.3, 0.4) is 0 Å². The van der Waals surface area contributed by atoms with Crippen LogP contribution in [0, 0.1) is 13.8 Å². The van der Waals surface area contributed by atoms with Gasteiger partial charge in [-0.15, -0.1) is 5.10 Å². The fourth-order valence-corrected chi connectivity index (χ4v) is 2.00. The van der Waals surface area contributed by atoms with Gasteiger partial charge in [-0.25, -0.2) is 4.79 Å². The lowest BCUT2D eigenvalue weighted by Crippen LogP contribution is -2.32. The highest BCUT2D eigenvalue weighted by molar-refractivity contribution is 5.95. The van der Waals surface area contributed by atoms with Crippen molar-refractivity contribution in [3.05, 3.63) is 16.8 Å². The lowest BCUT2D eigenvalue weighted by atomic mass is 10.1. The average molecular weight is 297 g/mol. The molecule has 0 saturated carbocycles. The normalized spacial score (nSPS) is 10.7. The van der Waals surface area contributed by atoms with Crippen LogP contribution in [0.5, 0.6) is 0 Å². The van der Waals surface area contributed by atoms with E-state index in [0.717, 1.165) is 6.42 Å². The fraction of sp³-hybridized carbons (Fsp3) is 0.643. The van der Waals surface area contributed by atoms with E-state index in [-0.39, 0.29) is 5.56 Å². The number of carboxylic acid groups (broad SMARTS) is 1. The minimum Gasteiger partial charge on any atom is -0.478 e. The van der Waals surface area contributed by atoms with Crippen molar-refractivity contribution in [2.75, 3.05) is 45.4 Å². The predicted octanol–water partition coefficient (Wildman–Crippen LogP) is 1.28. The Bertz CT molecular complexity index is 480. The molecule has 0 aliphatic carbocycles. The van der Waals surface area contributed by atoms with Crippen LogP contribution < -0.4 is 4.90 Å². The Kier molecular flexibility index (Phi) is 7.04. The van der Waals surface area contributed by atoms with E-state index in [1.165, 1.54) is 0 Å². The molecule has 7 nitrogen and oxygen atoms in total. The van der Waals surface area contributed by atoms with Gasteiger partial charge < -0.3 is 19.5 Å². The third-order valence-corrected chi connectivity index (χ3v) is 3.29. The van der Waals surface area contributed by atoms with E-state index in [4.69, 9.17) is 9.47 Å². The summed E-state index contributed by atoms with van der Waals surface area (Å²) in [6, 6.07) is 0. The summed E-state index contributed by atoms with van der Waals surface area (Å²) < 4.78 is 10.1. The average Bonchev–Trinajstić information content (AvgIpc) is 2.45. The largest absolute Gasteiger partial charge is 0.478 e. The van der Waals surface area contributed by atoms with Gasteiger partial charge in [0.15, 0.2) is 5.82 Å². The SMILES string of the molecule is COCCCN(CCOC)c1nnc(C)c(C)c1C(=O)O. The summed E-state index contributed by atoms with van der Waals surface area (Å²) in [5.41, 5.74) is 1.47. The first-order chi connectivity index (χ1) is 10.0. The summed E-state index contributed by atoms with van der Waals surface area (Å²) in [5, 5.41) is 17.6. The van der Waals surface area contributed by atoms with Crippen molar-refractivity contribution in [1.29, 1.82) is 0 Å². The van der Waals surface area contributed by atoms with Crippen LogP contribution in [-0.4, -0.2) is 61.8 Å². The minimum atomic E-state index is -0.991. The molecule has 1 N–H and O–H groups in total. The van der Waals surface area contributed by atoms with Gasteiger partial charge in [0.05, 0.1) is 12.3 Å².